The highest BCUT2D eigenvalue weighted by atomic mass is 32.2. The first-order valence-corrected chi connectivity index (χ1v) is 11.3. The van der Waals surface area contributed by atoms with Crippen LogP contribution in [0, 0.1) is 11.2 Å². The van der Waals surface area contributed by atoms with Gasteiger partial charge in [0.1, 0.15) is 18.0 Å². The lowest BCUT2D eigenvalue weighted by molar-refractivity contribution is -0.153. The molecule has 1 fully saturated rings. The number of hydrogen-bond donors (Lipinski definition) is 2. The van der Waals surface area contributed by atoms with Crippen molar-refractivity contribution in [3.05, 3.63) is 35.6 Å². The first-order valence-electron chi connectivity index (χ1n) is 9.91. The number of amides is 1. The third-order valence-corrected chi connectivity index (χ3v) is 6.64. The second-order valence-corrected chi connectivity index (χ2v) is 9.70. The van der Waals surface area contributed by atoms with Crippen molar-refractivity contribution in [1.29, 1.82) is 0 Å². The van der Waals surface area contributed by atoms with E-state index in [1.165, 1.54) is 6.07 Å². The molecule has 2 aromatic rings. The Bertz CT molecular complexity index is 1150. The summed E-state index contributed by atoms with van der Waals surface area (Å²) in [5, 5.41) is 10.8. The third kappa shape index (κ3) is 4.58. The van der Waals surface area contributed by atoms with Crippen LogP contribution in [0.15, 0.2) is 24.3 Å². The molecule has 0 radical (unpaired) electrons. The maximum atomic E-state index is 15.3. The third-order valence-electron chi connectivity index (χ3n) is 5.26. The summed E-state index contributed by atoms with van der Waals surface area (Å²) in [5.74, 6) is -2.58. The Labute approximate surface area is 180 Å². The van der Waals surface area contributed by atoms with Gasteiger partial charge < -0.3 is 9.84 Å². The molecule has 3 rings (SSSR count). The molecule has 0 atom stereocenters. The molecule has 8 nitrogen and oxygen atoms in total. The summed E-state index contributed by atoms with van der Waals surface area (Å²) >= 11 is 0. The minimum atomic E-state index is -4.27. The van der Waals surface area contributed by atoms with Crippen molar-refractivity contribution >= 4 is 38.5 Å². The van der Waals surface area contributed by atoms with Crippen LogP contribution in [0.25, 0.3) is 10.8 Å². The number of halogens is 1. The smallest absolute Gasteiger partial charge is 0.326 e. The Hall–Kier alpha value is -2.88. The fourth-order valence-corrected chi connectivity index (χ4v) is 4.74. The number of anilines is 1. The summed E-state index contributed by atoms with van der Waals surface area (Å²) in [7, 11) is -4.27. The van der Waals surface area contributed by atoms with Gasteiger partial charge in [-0.15, -0.1) is 0 Å². The van der Waals surface area contributed by atoms with E-state index < -0.39 is 45.3 Å². The normalized spacial score (nSPS) is 15.9. The molecule has 1 saturated heterocycles. The number of nitrogens with zero attached hydrogens (tertiary/aromatic N) is 1. The van der Waals surface area contributed by atoms with Gasteiger partial charge in [-0.1, -0.05) is 12.1 Å². The topological polar surface area (TPSA) is 113 Å². The summed E-state index contributed by atoms with van der Waals surface area (Å²) in [6, 6.07) is 6.27. The van der Waals surface area contributed by atoms with Crippen LogP contribution in [0.1, 0.15) is 39.2 Å². The molecule has 2 N–H and O–H groups in total. The van der Waals surface area contributed by atoms with Gasteiger partial charge in [-0.05, 0) is 63.1 Å². The average molecular weight is 453 g/mol. The van der Waals surface area contributed by atoms with E-state index in [0.29, 0.717) is 35.6 Å². The molecule has 10 heteroatoms. The lowest BCUT2D eigenvalue weighted by Gasteiger charge is -2.22. The predicted octanol–water partition coefficient (Wildman–Crippen LogP) is 2.78. The SMILES string of the molecule is CCOC(=O)C(C)(C)CCCc1ccc2cc(O)c(N3CC(=O)NS3(=O)=O)c(F)c2c1. The van der Waals surface area contributed by atoms with E-state index in [-0.39, 0.29) is 11.4 Å². The Balaban J connectivity index is 1.87. The molecular weight excluding hydrogens is 427 g/mol. The number of carbonyl (C=O) groups excluding carboxylic acids is 2. The molecule has 1 aliphatic rings. The van der Waals surface area contributed by atoms with Crippen molar-refractivity contribution in [2.45, 2.75) is 40.0 Å². The number of hydrogen-bond acceptors (Lipinski definition) is 6. The highest BCUT2D eigenvalue weighted by Crippen LogP contribution is 2.38. The lowest BCUT2D eigenvalue weighted by Crippen LogP contribution is -2.30. The van der Waals surface area contributed by atoms with Gasteiger partial charge in [0.15, 0.2) is 5.82 Å². The highest BCUT2D eigenvalue weighted by molar-refractivity contribution is 7.92. The second kappa shape index (κ2) is 8.33. The monoisotopic (exact) mass is 452 g/mol. The molecule has 0 aliphatic carbocycles. The molecule has 1 amide bonds. The summed E-state index contributed by atoms with van der Waals surface area (Å²) in [6.07, 6.45) is 1.80. The van der Waals surface area contributed by atoms with E-state index in [4.69, 9.17) is 4.74 Å². The number of benzene rings is 2. The minimum Gasteiger partial charge on any atom is -0.506 e. The fourth-order valence-electron chi connectivity index (χ4n) is 3.58. The van der Waals surface area contributed by atoms with Gasteiger partial charge in [-0.2, -0.15) is 8.42 Å². The van der Waals surface area contributed by atoms with Crippen molar-refractivity contribution in [1.82, 2.24) is 4.72 Å². The van der Waals surface area contributed by atoms with Gasteiger partial charge in [0, 0.05) is 5.39 Å². The zero-order valence-corrected chi connectivity index (χ0v) is 18.4. The van der Waals surface area contributed by atoms with Gasteiger partial charge in [-0.3, -0.25) is 9.59 Å². The number of phenols is 1. The van der Waals surface area contributed by atoms with E-state index in [1.807, 2.05) is 13.8 Å². The summed E-state index contributed by atoms with van der Waals surface area (Å²) in [6.45, 7) is 5.08. The summed E-state index contributed by atoms with van der Waals surface area (Å²) < 4.78 is 46.8. The van der Waals surface area contributed by atoms with E-state index >= 15 is 4.39 Å². The first-order chi connectivity index (χ1) is 14.5. The maximum Gasteiger partial charge on any atom is 0.326 e. The fraction of sp³-hybridized carbons (Fsp3) is 0.429. The molecule has 31 heavy (non-hydrogen) atoms. The standard InChI is InChI=1S/C21H25FN2O6S/c1-4-30-20(27)21(2,3)9-5-6-13-7-8-14-11-16(25)19(18(22)15(14)10-13)24-12-17(26)23-31(24,28)29/h7-8,10-11,25H,4-6,9,12H2,1-3H3,(H,23,26). The number of esters is 1. The zero-order chi connectivity index (χ0) is 23.0. The lowest BCUT2D eigenvalue weighted by atomic mass is 9.86. The largest absolute Gasteiger partial charge is 0.506 e. The van der Waals surface area contributed by atoms with Gasteiger partial charge in [0.05, 0.1) is 12.0 Å². The van der Waals surface area contributed by atoms with Crippen LogP contribution in [-0.4, -0.2) is 38.6 Å². The van der Waals surface area contributed by atoms with Crippen LogP contribution < -0.4 is 9.03 Å². The first kappa shape index (κ1) is 22.8. The Morgan fingerprint density at radius 2 is 2.03 bits per heavy atom. The van der Waals surface area contributed by atoms with Crippen molar-refractivity contribution < 1.29 is 32.2 Å². The number of rotatable bonds is 7. The van der Waals surface area contributed by atoms with Crippen LogP contribution in [0.4, 0.5) is 10.1 Å². The van der Waals surface area contributed by atoms with Crippen LogP contribution in [0.3, 0.4) is 0 Å². The summed E-state index contributed by atoms with van der Waals surface area (Å²) in [5.41, 5.74) is -0.409. The predicted molar refractivity (Wildman–Crippen MR) is 113 cm³/mol. The maximum absolute atomic E-state index is 15.3. The molecular formula is C21H25FN2O6S. The Kier molecular flexibility index (Phi) is 6.13. The average Bonchev–Trinajstić information content (AvgIpc) is 2.94. The zero-order valence-electron chi connectivity index (χ0n) is 17.6. The molecule has 0 unspecified atom stereocenters. The van der Waals surface area contributed by atoms with Crippen LogP contribution in [0.2, 0.25) is 0 Å². The van der Waals surface area contributed by atoms with Gasteiger partial charge >= 0.3 is 16.2 Å². The molecule has 1 aliphatic heterocycles. The Morgan fingerprint density at radius 1 is 1.32 bits per heavy atom. The van der Waals surface area contributed by atoms with Crippen molar-refractivity contribution in [3.63, 3.8) is 0 Å². The highest BCUT2D eigenvalue weighted by Gasteiger charge is 2.37. The van der Waals surface area contributed by atoms with E-state index in [1.54, 1.807) is 29.8 Å². The van der Waals surface area contributed by atoms with Crippen molar-refractivity contribution in [2.24, 2.45) is 5.41 Å². The van der Waals surface area contributed by atoms with Crippen molar-refractivity contribution in [2.75, 3.05) is 17.5 Å². The van der Waals surface area contributed by atoms with Gasteiger partial charge in [-0.25, -0.2) is 13.4 Å². The van der Waals surface area contributed by atoms with E-state index in [9.17, 15) is 23.1 Å². The van der Waals surface area contributed by atoms with Crippen LogP contribution in [-0.2, 0) is 31.0 Å². The van der Waals surface area contributed by atoms with Crippen LogP contribution >= 0.6 is 0 Å². The quantitative estimate of drug-likeness (QED) is 0.625. The van der Waals surface area contributed by atoms with E-state index in [2.05, 4.69) is 0 Å². The number of phenolic OH excluding ortho intramolecular Hbond substituents is 1. The molecule has 2 aromatic carbocycles. The number of aromatic hydroxyl groups is 1. The van der Waals surface area contributed by atoms with Gasteiger partial charge in [0.2, 0.25) is 0 Å². The Morgan fingerprint density at radius 3 is 2.65 bits per heavy atom. The molecule has 0 bridgehead atoms. The second-order valence-electron chi connectivity index (χ2n) is 8.11. The van der Waals surface area contributed by atoms with Gasteiger partial charge in [0.25, 0.3) is 5.91 Å². The summed E-state index contributed by atoms with van der Waals surface area (Å²) in [4.78, 5) is 23.5. The number of fused-ring (bicyclic) bond motifs is 1. The number of carbonyl (C=O) groups is 2. The number of ether oxygens (including phenoxy) is 1. The molecule has 0 aromatic heterocycles. The minimum absolute atomic E-state index is 0.129. The number of aryl methyl sites for hydroxylation is 1. The van der Waals surface area contributed by atoms with Crippen LogP contribution in [0.5, 0.6) is 5.75 Å². The van der Waals surface area contributed by atoms with Crippen molar-refractivity contribution in [3.8, 4) is 5.75 Å². The molecule has 1 heterocycles. The molecule has 0 spiro atoms. The molecule has 0 saturated carbocycles. The number of nitrogens with one attached hydrogen (secondary N) is 1. The molecule has 168 valence electrons. The van der Waals surface area contributed by atoms with E-state index in [0.717, 1.165) is 5.56 Å².